The first kappa shape index (κ1) is 15.0. The Labute approximate surface area is 122 Å². The highest BCUT2D eigenvalue weighted by Gasteiger charge is 2.29. The lowest BCUT2D eigenvalue weighted by molar-refractivity contribution is -0.137. The third-order valence-corrected chi connectivity index (χ3v) is 3.46. The van der Waals surface area contributed by atoms with Crippen molar-refractivity contribution in [1.82, 2.24) is 0 Å². The van der Waals surface area contributed by atoms with Gasteiger partial charge in [-0.15, -0.1) is 0 Å². The van der Waals surface area contributed by atoms with Gasteiger partial charge in [-0.1, -0.05) is 34.1 Å². The second-order valence-corrected chi connectivity index (χ2v) is 5.80. The Morgan fingerprint density at radius 1 is 0.950 bits per heavy atom. The first-order valence-electron chi connectivity index (χ1n) is 5.90. The molecule has 0 fully saturated rings. The monoisotopic (exact) mass is 346 g/mol. The van der Waals surface area contributed by atoms with E-state index in [1.165, 1.54) is 18.2 Å². The maximum absolute atomic E-state index is 13.6. The van der Waals surface area contributed by atoms with Gasteiger partial charge in [-0.05, 0) is 42.3 Å². The van der Waals surface area contributed by atoms with Gasteiger partial charge in [0.15, 0.2) is 0 Å². The molecule has 2 rings (SSSR count). The maximum Gasteiger partial charge on any atom is 0.416 e. The topological polar surface area (TPSA) is 0 Å². The maximum atomic E-state index is 13.6. The van der Waals surface area contributed by atoms with Crippen molar-refractivity contribution in [2.75, 3.05) is 0 Å². The van der Waals surface area contributed by atoms with Gasteiger partial charge in [0, 0.05) is 10.4 Å². The Morgan fingerprint density at radius 2 is 1.50 bits per heavy atom. The van der Waals surface area contributed by atoms with Gasteiger partial charge in [-0.3, -0.25) is 0 Å². The Bertz CT molecular complexity index is 600. The molecule has 2 aromatic carbocycles. The molecule has 0 spiro atoms. The molecule has 0 aromatic heterocycles. The molecule has 1 unspecified atom stereocenters. The Morgan fingerprint density at radius 3 is 2.00 bits per heavy atom. The summed E-state index contributed by atoms with van der Waals surface area (Å²) in [7, 11) is 0. The molecule has 0 aliphatic rings. The van der Waals surface area contributed by atoms with Crippen LogP contribution in [0.3, 0.4) is 0 Å². The van der Waals surface area contributed by atoms with Crippen LogP contribution in [0.4, 0.5) is 17.6 Å². The van der Waals surface area contributed by atoms with E-state index in [0.717, 1.165) is 12.1 Å². The van der Waals surface area contributed by atoms with E-state index in [9.17, 15) is 17.6 Å². The molecule has 5 heteroatoms. The molecule has 0 nitrogen and oxygen atoms in total. The van der Waals surface area contributed by atoms with Crippen molar-refractivity contribution in [3.8, 4) is 11.1 Å². The zero-order valence-corrected chi connectivity index (χ0v) is 12.1. The third-order valence-electron chi connectivity index (χ3n) is 2.97. The molecular weight excluding hydrogens is 336 g/mol. The van der Waals surface area contributed by atoms with E-state index < -0.39 is 11.7 Å². The SMILES string of the molecule is CC(Br)c1cc(-c2ccc(C(F)(F)F)cc2)ccc1F. The Hall–Kier alpha value is -1.36. The molecule has 0 radical (unpaired) electrons. The van der Waals surface area contributed by atoms with Gasteiger partial charge in [-0.2, -0.15) is 13.2 Å². The molecule has 1 atom stereocenters. The largest absolute Gasteiger partial charge is 0.416 e. The predicted molar refractivity (Wildman–Crippen MR) is 74.2 cm³/mol. The zero-order chi connectivity index (χ0) is 14.9. The van der Waals surface area contributed by atoms with E-state index in [1.807, 2.05) is 0 Å². The van der Waals surface area contributed by atoms with Gasteiger partial charge < -0.3 is 0 Å². The van der Waals surface area contributed by atoms with Gasteiger partial charge >= 0.3 is 6.18 Å². The van der Waals surface area contributed by atoms with Gasteiger partial charge in [0.2, 0.25) is 0 Å². The summed E-state index contributed by atoms with van der Waals surface area (Å²) in [5.74, 6) is -0.343. The highest BCUT2D eigenvalue weighted by atomic mass is 79.9. The van der Waals surface area contributed by atoms with Gasteiger partial charge in [0.1, 0.15) is 5.82 Å². The van der Waals surface area contributed by atoms with Crippen LogP contribution in [0.5, 0.6) is 0 Å². The van der Waals surface area contributed by atoms with Crippen LogP contribution >= 0.6 is 15.9 Å². The average molecular weight is 347 g/mol. The van der Waals surface area contributed by atoms with Crippen LogP contribution in [-0.4, -0.2) is 0 Å². The summed E-state index contributed by atoms with van der Waals surface area (Å²) in [4.78, 5) is -0.170. The molecule has 0 saturated carbocycles. The summed E-state index contributed by atoms with van der Waals surface area (Å²) in [5, 5.41) is 0. The molecular formula is C15H11BrF4. The number of alkyl halides is 4. The van der Waals surface area contributed by atoms with Gasteiger partial charge in [0.05, 0.1) is 5.56 Å². The zero-order valence-electron chi connectivity index (χ0n) is 10.5. The van der Waals surface area contributed by atoms with Crippen molar-refractivity contribution in [2.24, 2.45) is 0 Å². The van der Waals surface area contributed by atoms with Crippen LogP contribution in [0, 0.1) is 5.82 Å². The summed E-state index contributed by atoms with van der Waals surface area (Å²) in [6.45, 7) is 1.79. The highest BCUT2D eigenvalue weighted by Crippen LogP contribution is 2.32. The molecule has 0 amide bonds. The summed E-state index contributed by atoms with van der Waals surface area (Å²) >= 11 is 3.29. The van der Waals surface area contributed by atoms with E-state index >= 15 is 0 Å². The summed E-state index contributed by atoms with van der Waals surface area (Å²) in [6.07, 6.45) is -4.35. The van der Waals surface area contributed by atoms with E-state index in [0.29, 0.717) is 16.7 Å². The Balaban J connectivity index is 2.40. The molecule has 106 valence electrons. The Kier molecular flexibility index (Phi) is 4.18. The number of benzene rings is 2. The second-order valence-electron chi connectivity index (χ2n) is 4.43. The van der Waals surface area contributed by atoms with Crippen molar-refractivity contribution >= 4 is 15.9 Å². The number of rotatable bonds is 2. The van der Waals surface area contributed by atoms with E-state index in [-0.39, 0.29) is 10.6 Å². The fourth-order valence-corrected chi connectivity index (χ4v) is 2.23. The second kappa shape index (κ2) is 5.56. The fourth-order valence-electron chi connectivity index (χ4n) is 1.88. The minimum absolute atomic E-state index is 0.170. The molecule has 0 bridgehead atoms. The standard InChI is InChI=1S/C15H11BrF4/c1-9(16)13-8-11(4-7-14(13)17)10-2-5-12(6-3-10)15(18,19)20/h2-9H,1H3. The first-order chi connectivity index (χ1) is 9.29. The molecule has 0 heterocycles. The molecule has 2 aromatic rings. The van der Waals surface area contributed by atoms with Gasteiger partial charge in [0.25, 0.3) is 0 Å². The smallest absolute Gasteiger partial charge is 0.207 e. The molecule has 0 N–H and O–H groups in total. The van der Waals surface area contributed by atoms with Gasteiger partial charge in [-0.25, -0.2) is 4.39 Å². The molecule has 20 heavy (non-hydrogen) atoms. The lowest BCUT2D eigenvalue weighted by Crippen LogP contribution is -2.04. The first-order valence-corrected chi connectivity index (χ1v) is 6.82. The minimum atomic E-state index is -4.35. The van der Waals surface area contributed by atoms with E-state index in [1.54, 1.807) is 19.1 Å². The van der Waals surface area contributed by atoms with Crippen LogP contribution in [0.25, 0.3) is 11.1 Å². The lowest BCUT2D eigenvalue weighted by atomic mass is 10.0. The molecule has 0 saturated heterocycles. The van der Waals surface area contributed by atoms with Crippen LogP contribution in [0.1, 0.15) is 22.9 Å². The normalized spacial score (nSPS) is 13.3. The van der Waals surface area contributed by atoms with Crippen LogP contribution in [-0.2, 0) is 6.18 Å². The van der Waals surface area contributed by atoms with Crippen LogP contribution in [0.2, 0.25) is 0 Å². The number of halogens is 5. The van der Waals surface area contributed by atoms with Crippen LogP contribution in [0.15, 0.2) is 42.5 Å². The summed E-state index contributed by atoms with van der Waals surface area (Å²) < 4.78 is 51.0. The lowest BCUT2D eigenvalue weighted by Gasteiger charge is -2.10. The van der Waals surface area contributed by atoms with Crippen molar-refractivity contribution in [3.63, 3.8) is 0 Å². The van der Waals surface area contributed by atoms with Crippen molar-refractivity contribution in [1.29, 1.82) is 0 Å². The van der Waals surface area contributed by atoms with Crippen molar-refractivity contribution in [2.45, 2.75) is 17.9 Å². The summed E-state index contributed by atoms with van der Waals surface area (Å²) in [5.41, 5.74) is 1.08. The quantitative estimate of drug-likeness (QED) is 0.464. The number of hydrogen-bond acceptors (Lipinski definition) is 0. The van der Waals surface area contributed by atoms with E-state index in [2.05, 4.69) is 15.9 Å². The van der Waals surface area contributed by atoms with Crippen molar-refractivity contribution < 1.29 is 17.6 Å². The van der Waals surface area contributed by atoms with Crippen LogP contribution < -0.4 is 0 Å². The number of hydrogen-bond donors (Lipinski definition) is 0. The fraction of sp³-hybridized carbons (Fsp3) is 0.200. The van der Waals surface area contributed by atoms with Crippen molar-refractivity contribution in [3.05, 3.63) is 59.4 Å². The average Bonchev–Trinajstić information content (AvgIpc) is 2.38. The third kappa shape index (κ3) is 3.20. The molecule has 0 aliphatic heterocycles. The minimum Gasteiger partial charge on any atom is -0.207 e. The highest BCUT2D eigenvalue weighted by molar-refractivity contribution is 9.09. The molecule has 0 aliphatic carbocycles. The van der Waals surface area contributed by atoms with E-state index in [4.69, 9.17) is 0 Å². The predicted octanol–water partition coefficient (Wildman–Crippen LogP) is 5.97. The summed E-state index contributed by atoms with van der Waals surface area (Å²) in [6, 6.07) is 9.33.